The van der Waals surface area contributed by atoms with Gasteiger partial charge in [0.05, 0.1) is 5.92 Å². The molecule has 1 heterocycles. The van der Waals surface area contributed by atoms with E-state index in [1.54, 1.807) is 12.1 Å². The Morgan fingerprint density at radius 2 is 2.27 bits per heavy atom. The molecule has 0 radical (unpaired) electrons. The van der Waals surface area contributed by atoms with Gasteiger partial charge in [-0.3, -0.25) is 4.79 Å². The predicted molar refractivity (Wildman–Crippen MR) is 56.1 cm³/mol. The van der Waals surface area contributed by atoms with Crippen LogP contribution in [-0.4, -0.2) is 11.9 Å². The van der Waals surface area contributed by atoms with Gasteiger partial charge in [0.25, 0.3) is 5.91 Å². The highest BCUT2D eigenvalue weighted by Crippen LogP contribution is 2.31. The first-order valence-corrected chi connectivity index (χ1v) is 4.68. The molecular weight excluding hydrogens is 192 g/mol. The summed E-state index contributed by atoms with van der Waals surface area (Å²) in [4.78, 5) is 16.7. The van der Waals surface area contributed by atoms with Crippen molar-refractivity contribution in [3.63, 3.8) is 0 Å². The van der Waals surface area contributed by atoms with Gasteiger partial charge in [0.1, 0.15) is 0 Å². The number of nitrogens with one attached hydrogen (secondary N) is 1. The summed E-state index contributed by atoms with van der Waals surface area (Å²) < 4.78 is 0. The molecule has 15 heavy (non-hydrogen) atoms. The van der Waals surface area contributed by atoms with E-state index in [4.69, 9.17) is 10.6 Å². The molecule has 1 aliphatic heterocycles. The minimum Gasteiger partial charge on any atom is -0.379 e. The number of hydroxylamine groups is 1. The van der Waals surface area contributed by atoms with E-state index in [1.807, 2.05) is 18.2 Å². The van der Waals surface area contributed by atoms with E-state index in [1.165, 1.54) is 0 Å². The average molecular weight is 204 g/mol. The third-order valence-electron chi connectivity index (χ3n) is 2.46. The molecule has 0 fully saturated rings. The van der Waals surface area contributed by atoms with Gasteiger partial charge < -0.3 is 10.6 Å². The predicted octanol–water partition coefficient (Wildman–Crippen LogP) is 0.707. The molecule has 2 atom stereocenters. The van der Waals surface area contributed by atoms with Crippen LogP contribution >= 0.6 is 0 Å². The van der Waals surface area contributed by atoms with E-state index in [0.717, 1.165) is 5.56 Å². The van der Waals surface area contributed by atoms with E-state index in [9.17, 15) is 4.79 Å². The number of fused-ring (bicyclic) bond motifs is 1. The number of rotatable bonds is 2. The number of para-hydroxylation sites is 1. The molecule has 4 heteroatoms. The molecule has 2 rings (SSSR count). The zero-order valence-corrected chi connectivity index (χ0v) is 8.14. The van der Waals surface area contributed by atoms with Crippen molar-refractivity contribution in [1.82, 2.24) is 5.48 Å². The Kier molecular flexibility index (Phi) is 2.43. The van der Waals surface area contributed by atoms with Crippen molar-refractivity contribution >= 4 is 5.91 Å². The van der Waals surface area contributed by atoms with E-state index < -0.39 is 12.0 Å². The highest BCUT2D eigenvalue weighted by molar-refractivity contribution is 5.86. The highest BCUT2D eigenvalue weighted by atomic mass is 16.7. The van der Waals surface area contributed by atoms with E-state index in [-0.39, 0.29) is 5.91 Å². The lowest BCUT2D eigenvalue weighted by Gasteiger charge is -2.27. The first-order chi connectivity index (χ1) is 7.24. The Hall–Kier alpha value is -1.81. The molecule has 0 aliphatic carbocycles. The summed E-state index contributed by atoms with van der Waals surface area (Å²) in [5, 5.41) is 0. The van der Waals surface area contributed by atoms with Crippen LogP contribution in [0.1, 0.15) is 11.5 Å². The third-order valence-corrected chi connectivity index (χ3v) is 2.46. The van der Waals surface area contributed by atoms with Crippen molar-refractivity contribution in [2.24, 2.45) is 5.73 Å². The van der Waals surface area contributed by atoms with Gasteiger partial charge in [0.15, 0.2) is 5.75 Å². The minimum absolute atomic E-state index is 0.235. The fourth-order valence-corrected chi connectivity index (χ4v) is 1.66. The Labute approximate surface area is 87.7 Å². The van der Waals surface area contributed by atoms with Crippen molar-refractivity contribution in [1.29, 1.82) is 0 Å². The van der Waals surface area contributed by atoms with Crippen LogP contribution in [-0.2, 0) is 4.79 Å². The maximum absolute atomic E-state index is 11.6. The smallest absolute Gasteiger partial charge is 0.262 e. The first-order valence-electron chi connectivity index (χ1n) is 4.68. The van der Waals surface area contributed by atoms with E-state index in [2.05, 4.69) is 12.1 Å². The topological polar surface area (TPSA) is 64.4 Å². The lowest BCUT2D eigenvalue weighted by molar-refractivity contribution is -0.131. The summed E-state index contributed by atoms with van der Waals surface area (Å²) in [6, 6.07) is 6.91. The van der Waals surface area contributed by atoms with Crippen LogP contribution in [0, 0.1) is 0 Å². The van der Waals surface area contributed by atoms with Crippen LogP contribution < -0.4 is 16.1 Å². The van der Waals surface area contributed by atoms with Crippen molar-refractivity contribution in [2.75, 3.05) is 0 Å². The van der Waals surface area contributed by atoms with Gasteiger partial charge in [-0.1, -0.05) is 24.3 Å². The Balaban J connectivity index is 2.45. The number of hydrogen-bond donors (Lipinski definition) is 2. The number of carbonyl (C=O) groups excluding carboxylic acids is 1. The van der Waals surface area contributed by atoms with Crippen molar-refractivity contribution in [2.45, 2.75) is 12.0 Å². The molecular formula is C11H12N2O2. The largest absolute Gasteiger partial charge is 0.379 e. The van der Waals surface area contributed by atoms with Crippen LogP contribution in [0.4, 0.5) is 0 Å². The summed E-state index contributed by atoms with van der Waals surface area (Å²) in [7, 11) is 0. The third kappa shape index (κ3) is 1.59. The summed E-state index contributed by atoms with van der Waals surface area (Å²) in [6.45, 7) is 3.60. The maximum atomic E-state index is 11.6. The molecule has 0 bridgehead atoms. The minimum atomic E-state index is -0.424. The fraction of sp³-hybridized carbons (Fsp3) is 0.182. The molecule has 1 aromatic rings. The molecule has 4 nitrogen and oxygen atoms in total. The lowest BCUT2D eigenvalue weighted by Crippen LogP contribution is -2.44. The van der Waals surface area contributed by atoms with Crippen molar-refractivity contribution < 1.29 is 9.63 Å². The normalized spacial score (nSPS) is 20.9. The molecule has 0 spiro atoms. The highest BCUT2D eigenvalue weighted by Gasteiger charge is 2.32. The Morgan fingerprint density at radius 3 is 3.00 bits per heavy atom. The zero-order valence-electron chi connectivity index (χ0n) is 8.14. The van der Waals surface area contributed by atoms with Gasteiger partial charge in [0.2, 0.25) is 0 Å². The number of amides is 1. The number of hydrogen-bond acceptors (Lipinski definition) is 3. The van der Waals surface area contributed by atoms with Crippen LogP contribution in [0.3, 0.4) is 0 Å². The second kappa shape index (κ2) is 3.74. The second-order valence-corrected chi connectivity index (χ2v) is 3.40. The van der Waals surface area contributed by atoms with Gasteiger partial charge in [-0.05, 0) is 6.07 Å². The summed E-state index contributed by atoms with van der Waals surface area (Å²) in [6.07, 6.45) is 1.56. The zero-order chi connectivity index (χ0) is 10.8. The van der Waals surface area contributed by atoms with Gasteiger partial charge in [-0.15, -0.1) is 6.58 Å². The second-order valence-electron chi connectivity index (χ2n) is 3.40. The maximum Gasteiger partial charge on any atom is 0.262 e. The quantitative estimate of drug-likeness (QED) is 0.697. The lowest BCUT2D eigenvalue weighted by atomic mass is 9.90. The average Bonchev–Trinajstić information content (AvgIpc) is 2.28. The number of nitrogens with two attached hydrogens (primary N) is 1. The summed E-state index contributed by atoms with van der Waals surface area (Å²) >= 11 is 0. The van der Waals surface area contributed by atoms with Crippen LogP contribution in [0.5, 0.6) is 5.75 Å². The molecule has 2 unspecified atom stereocenters. The van der Waals surface area contributed by atoms with Gasteiger partial charge >= 0.3 is 0 Å². The SMILES string of the molecule is C=CC(N)C1C(=O)NOc2ccccc21. The van der Waals surface area contributed by atoms with Crippen LogP contribution in [0.2, 0.25) is 0 Å². The van der Waals surface area contributed by atoms with Crippen molar-refractivity contribution in [3.05, 3.63) is 42.5 Å². The first kappa shape index (κ1) is 9.73. The molecule has 0 saturated carbocycles. The van der Waals surface area contributed by atoms with E-state index in [0.29, 0.717) is 5.75 Å². The summed E-state index contributed by atoms with van der Waals surface area (Å²) in [5.41, 5.74) is 8.95. The number of carbonyl (C=O) groups is 1. The van der Waals surface area contributed by atoms with Crippen LogP contribution in [0.15, 0.2) is 36.9 Å². The monoisotopic (exact) mass is 204 g/mol. The Bertz CT molecular complexity index is 403. The van der Waals surface area contributed by atoms with Gasteiger partial charge in [-0.2, -0.15) is 5.48 Å². The number of benzene rings is 1. The fourth-order valence-electron chi connectivity index (χ4n) is 1.66. The van der Waals surface area contributed by atoms with Gasteiger partial charge in [0, 0.05) is 11.6 Å². The molecule has 0 saturated heterocycles. The Morgan fingerprint density at radius 1 is 1.53 bits per heavy atom. The summed E-state index contributed by atoms with van der Waals surface area (Å²) in [5.74, 6) is -0.0204. The molecule has 0 aromatic heterocycles. The molecule has 1 aromatic carbocycles. The molecule has 78 valence electrons. The van der Waals surface area contributed by atoms with Crippen LogP contribution in [0.25, 0.3) is 0 Å². The molecule has 1 amide bonds. The molecule has 3 N–H and O–H groups in total. The van der Waals surface area contributed by atoms with Gasteiger partial charge in [-0.25, -0.2) is 0 Å². The van der Waals surface area contributed by atoms with Crippen molar-refractivity contribution in [3.8, 4) is 5.75 Å². The van der Waals surface area contributed by atoms with E-state index >= 15 is 0 Å². The molecule has 1 aliphatic rings. The standard InChI is InChI=1S/C11H12N2O2/c1-2-8(12)10-7-5-3-4-6-9(7)15-13-11(10)14/h2-6,8,10H,1,12H2,(H,13,14).